The van der Waals surface area contributed by atoms with E-state index < -0.39 is 0 Å². The summed E-state index contributed by atoms with van der Waals surface area (Å²) in [6.45, 7) is 7.17. The number of rotatable bonds is 4. The number of carbonyl (C=O) groups is 1. The first-order valence-corrected chi connectivity index (χ1v) is 11.6. The van der Waals surface area contributed by atoms with Gasteiger partial charge in [0.15, 0.2) is 0 Å². The fraction of sp³-hybridized carbons (Fsp3) is 0.958. The lowest BCUT2D eigenvalue weighted by molar-refractivity contribution is -0.174. The molecule has 4 fully saturated rings. The summed E-state index contributed by atoms with van der Waals surface area (Å²) in [5.74, 6) is 3.73. The minimum atomic E-state index is -0.211. The summed E-state index contributed by atoms with van der Waals surface area (Å²) in [5.41, 5.74) is 0.340. The quantitative estimate of drug-likeness (QED) is 0.706. The van der Waals surface area contributed by atoms with Crippen molar-refractivity contribution in [2.45, 2.75) is 97.2 Å². The van der Waals surface area contributed by atoms with Crippen molar-refractivity contribution in [2.75, 3.05) is 0 Å². The molecule has 0 aromatic carbocycles. The number of hydrogen-bond donors (Lipinski definition) is 2. The molecule has 4 rings (SSSR count). The molecule has 3 nitrogen and oxygen atoms in total. The first kappa shape index (κ1) is 19.9. The summed E-state index contributed by atoms with van der Waals surface area (Å²) >= 11 is 0. The molecular formula is C24H40O3. The van der Waals surface area contributed by atoms with Crippen molar-refractivity contribution in [3.8, 4) is 0 Å². The molecule has 0 amide bonds. The fourth-order valence-corrected chi connectivity index (χ4v) is 8.69. The first-order chi connectivity index (χ1) is 12.8. The predicted molar refractivity (Wildman–Crippen MR) is 107 cm³/mol. The molecule has 0 spiro atoms. The molecule has 0 aliphatic heterocycles. The van der Waals surface area contributed by atoms with Gasteiger partial charge in [0.25, 0.3) is 0 Å². The van der Waals surface area contributed by atoms with E-state index in [0.717, 1.165) is 44.3 Å². The van der Waals surface area contributed by atoms with E-state index in [-0.39, 0.29) is 17.6 Å². The normalized spacial score (nSPS) is 53.1. The Morgan fingerprint density at radius 3 is 2.56 bits per heavy atom. The van der Waals surface area contributed by atoms with Crippen molar-refractivity contribution < 1.29 is 15.0 Å². The van der Waals surface area contributed by atoms with Crippen molar-refractivity contribution in [3.63, 3.8) is 0 Å². The van der Waals surface area contributed by atoms with Gasteiger partial charge in [-0.3, -0.25) is 0 Å². The van der Waals surface area contributed by atoms with Gasteiger partial charge < -0.3 is 15.0 Å². The first-order valence-electron chi connectivity index (χ1n) is 11.6. The Morgan fingerprint density at radius 1 is 1.04 bits per heavy atom. The lowest BCUT2D eigenvalue weighted by atomic mass is 9.43. The Hall–Kier alpha value is -0.410. The van der Waals surface area contributed by atoms with Gasteiger partial charge in [-0.2, -0.15) is 0 Å². The van der Waals surface area contributed by atoms with Gasteiger partial charge in [-0.05, 0) is 104 Å². The molecule has 27 heavy (non-hydrogen) atoms. The minimum Gasteiger partial charge on any atom is -0.393 e. The Bertz CT molecular complexity index is 562. The molecule has 3 heteroatoms. The molecule has 154 valence electrons. The van der Waals surface area contributed by atoms with Gasteiger partial charge in [0.1, 0.15) is 6.29 Å². The van der Waals surface area contributed by atoms with E-state index in [9.17, 15) is 15.0 Å². The highest BCUT2D eigenvalue weighted by atomic mass is 16.3. The van der Waals surface area contributed by atoms with Crippen LogP contribution in [0, 0.1) is 46.3 Å². The van der Waals surface area contributed by atoms with Gasteiger partial charge in [0.2, 0.25) is 0 Å². The molecule has 0 radical (unpaired) electrons. The number of aldehydes is 1. The van der Waals surface area contributed by atoms with E-state index >= 15 is 0 Å². The van der Waals surface area contributed by atoms with E-state index in [1.165, 1.54) is 25.7 Å². The molecular weight excluding hydrogens is 336 g/mol. The van der Waals surface area contributed by atoms with Gasteiger partial charge in [-0.15, -0.1) is 0 Å². The number of hydrogen-bond acceptors (Lipinski definition) is 3. The van der Waals surface area contributed by atoms with E-state index in [1.807, 2.05) is 0 Å². The topological polar surface area (TPSA) is 57.5 Å². The Kier molecular flexibility index (Phi) is 5.25. The maximum absolute atomic E-state index is 11.5. The van der Waals surface area contributed by atoms with Crippen LogP contribution in [0.1, 0.15) is 85.0 Å². The van der Waals surface area contributed by atoms with Crippen LogP contribution in [0.25, 0.3) is 0 Å². The molecule has 4 aliphatic rings. The average Bonchev–Trinajstić information content (AvgIpc) is 3.00. The van der Waals surface area contributed by atoms with Crippen LogP contribution in [0.15, 0.2) is 0 Å². The summed E-state index contributed by atoms with van der Waals surface area (Å²) in [7, 11) is 0. The Labute approximate surface area is 165 Å². The van der Waals surface area contributed by atoms with E-state index in [2.05, 4.69) is 20.8 Å². The highest BCUT2D eigenvalue weighted by Gasteiger charge is 2.63. The smallest absolute Gasteiger partial charge is 0.120 e. The van der Waals surface area contributed by atoms with Gasteiger partial charge in [-0.1, -0.05) is 20.8 Å². The van der Waals surface area contributed by atoms with E-state index in [4.69, 9.17) is 0 Å². The van der Waals surface area contributed by atoms with Crippen LogP contribution < -0.4 is 0 Å². The Morgan fingerprint density at radius 2 is 1.81 bits per heavy atom. The maximum atomic E-state index is 11.5. The van der Waals surface area contributed by atoms with Crippen LogP contribution in [-0.2, 0) is 4.79 Å². The predicted octanol–water partition coefficient (Wildman–Crippen LogP) is 4.59. The zero-order chi connectivity index (χ0) is 19.4. The van der Waals surface area contributed by atoms with Crippen molar-refractivity contribution in [1.29, 1.82) is 0 Å². The van der Waals surface area contributed by atoms with E-state index in [1.54, 1.807) is 0 Å². The van der Waals surface area contributed by atoms with Crippen molar-refractivity contribution >= 4 is 6.29 Å². The highest BCUT2D eigenvalue weighted by molar-refractivity contribution is 5.49. The molecule has 0 aromatic rings. The van der Waals surface area contributed by atoms with Crippen LogP contribution in [0.3, 0.4) is 0 Å². The molecule has 4 aliphatic carbocycles. The van der Waals surface area contributed by atoms with Crippen LogP contribution in [0.4, 0.5) is 0 Å². The zero-order valence-corrected chi connectivity index (χ0v) is 17.6. The molecule has 0 heterocycles. The lowest BCUT2D eigenvalue weighted by Gasteiger charge is -2.62. The third kappa shape index (κ3) is 2.94. The highest BCUT2D eigenvalue weighted by Crippen LogP contribution is 2.68. The molecule has 4 saturated carbocycles. The summed E-state index contributed by atoms with van der Waals surface area (Å²) < 4.78 is 0. The second kappa shape index (κ2) is 7.13. The summed E-state index contributed by atoms with van der Waals surface area (Å²) in [4.78, 5) is 10.9. The van der Waals surface area contributed by atoms with Gasteiger partial charge in [-0.25, -0.2) is 0 Å². The minimum absolute atomic E-state index is 0.0286. The fourth-order valence-electron chi connectivity index (χ4n) is 8.69. The van der Waals surface area contributed by atoms with Crippen molar-refractivity contribution in [1.82, 2.24) is 0 Å². The third-order valence-electron chi connectivity index (χ3n) is 10.2. The molecule has 0 bridgehead atoms. The average molecular weight is 377 g/mol. The van der Waals surface area contributed by atoms with Crippen LogP contribution >= 0.6 is 0 Å². The maximum Gasteiger partial charge on any atom is 0.120 e. The number of aliphatic hydroxyl groups excluding tert-OH is 2. The van der Waals surface area contributed by atoms with Crippen molar-refractivity contribution in [2.24, 2.45) is 46.3 Å². The molecule has 1 unspecified atom stereocenters. The van der Waals surface area contributed by atoms with Crippen LogP contribution in [0.5, 0.6) is 0 Å². The number of carbonyl (C=O) groups excluding carboxylic acids is 1. The summed E-state index contributed by atoms with van der Waals surface area (Å²) in [6, 6.07) is 0. The number of aliphatic hydroxyl groups is 2. The second-order valence-electron chi connectivity index (χ2n) is 11.1. The zero-order valence-electron chi connectivity index (χ0n) is 17.6. The lowest BCUT2D eigenvalue weighted by Crippen LogP contribution is -2.58. The standard InChI is InChI=1S/C24H40O3/c1-15(5-4-12-25)19-8-9-20-18-7-6-16-13-17(26)10-11-23(16,2)21(18)14-22(27)24(19,20)3/h12,15-22,26-27H,4-11,13-14H2,1-3H3/t15-,16?,17-,18+,19-,20+,21+,22+,23+,24-/m1/s1. The largest absolute Gasteiger partial charge is 0.393 e. The van der Waals surface area contributed by atoms with Gasteiger partial charge in [0, 0.05) is 6.42 Å². The third-order valence-corrected chi connectivity index (χ3v) is 10.2. The van der Waals surface area contributed by atoms with E-state index in [0.29, 0.717) is 41.4 Å². The van der Waals surface area contributed by atoms with Crippen LogP contribution in [0.2, 0.25) is 0 Å². The monoisotopic (exact) mass is 376 g/mol. The van der Waals surface area contributed by atoms with Gasteiger partial charge >= 0.3 is 0 Å². The Balaban J connectivity index is 1.58. The molecule has 10 atom stereocenters. The molecule has 0 saturated heterocycles. The second-order valence-corrected chi connectivity index (χ2v) is 11.1. The molecule has 2 N–H and O–H groups in total. The summed E-state index contributed by atoms with van der Waals surface area (Å²) in [5, 5.41) is 21.7. The van der Waals surface area contributed by atoms with Crippen LogP contribution in [-0.4, -0.2) is 28.7 Å². The van der Waals surface area contributed by atoms with Gasteiger partial charge in [0.05, 0.1) is 12.2 Å². The number of fused-ring (bicyclic) bond motifs is 5. The summed E-state index contributed by atoms with van der Waals surface area (Å²) in [6.07, 6.45) is 11.4. The van der Waals surface area contributed by atoms with Crippen molar-refractivity contribution in [3.05, 3.63) is 0 Å². The molecule has 0 aromatic heterocycles. The SMILES string of the molecule is C[C@H](CCC=O)[C@H]1CC[C@H]2[C@@H]3CCC4C[C@H](O)CC[C@]4(C)[C@H]3C[C@H](O)[C@]12C.